The van der Waals surface area contributed by atoms with Gasteiger partial charge in [0.1, 0.15) is 0 Å². The van der Waals surface area contributed by atoms with E-state index in [1.165, 1.54) is 12.1 Å². The fraction of sp³-hybridized carbons (Fsp3) is 0.417. The van der Waals surface area contributed by atoms with Gasteiger partial charge in [-0.1, -0.05) is 11.6 Å². The van der Waals surface area contributed by atoms with Crippen molar-refractivity contribution in [2.75, 3.05) is 6.61 Å². The summed E-state index contributed by atoms with van der Waals surface area (Å²) in [5, 5.41) is 10.8. The van der Waals surface area contributed by atoms with Gasteiger partial charge in [0, 0.05) is 25.2 Å². The van der Waals surface area contributed by atoms with E-state index < -0.39 is 17.1 Å². The van der Waals surface area contributed by atoms with Crippen molar-refractivity contribution in [1.82, 2.24) is 5.48 Å². The highest BCUT2D eigenvalue weighted by molar-refractivity contribution is 6.33. The number of nitrogens with zero attached hydrogens (tertiary/aromatic N) is 1. The summed E-state index contributed by atoms with van der Waals surface area (Å²) in [5.41, 5.74) is 1.97. The molecule has 0 bridgehead atoms. The Balaban J connectivity index is 2.00. The average Bonchev–Trinajstić information content (AvgIpc) is 2.46. The van der Waals surface area contributed by atoms with E-state index >= 15 is 0 Å². The molecule has 1 saturated heterocycles. The third-order valence-electron chi connectivity index (χ3n) is 2.83. The lowest BCUT2D eigenvalue weighted by atomic mass is 10.2. The van der Waals surface area contributed by atoms with E-state index in [1.54, 1.807) is 0 Å². The van der Waals surface area contributed by atoms with Gasteiger partial charge in [0.25, 0.3) is 11.6 Å². The van der Waals surface area contributed by atoms with Gasteiger partial charge in [0.05, 0.1) is 15.5 Å². The van der Waals surface area contributed by atoms with E-state index in [1.807, 2.05) is 0 Å². The first kappa shape index (κ1) is 14.7. The molecule has 20 heavy (non-hydrogen) atoms. The molecule has 1 fully saturated rings. The van der Waals surface area contributed by atoms with Crippen molar-refractivity contribution < 1.29 is 19.3 Å². The van der Waals surface area contributed by atoms with Crippen LogP contribution < -0.4 is 5.48 Å². The van der Waals surface area contributed by atoms with Crippen molar-refractivity contribution in [3.63, 3.8) is 0 Å². The van der Waals surface area contributed by atoms with E-state index in [0.29, 0.717) is 13.0 Å². The maximum absolute atomic E-state index is 11.9. The second kappa shape index (κ2) is 6.65. The number of hydrogen-bond donors (Lipinski definition) is 1. The molecule has 1 atom stereocenters. The lowest BCUT2D eigenvalue weighted by Crippen LogP contribution is -2.33. The van der Waals surface area contributed by atoms with Crippen LogP contribution in [-0.4, -0.2) is 23.7 Å². The highest BCUT2D eigenvalue weighted by Crippen LogP contribution is 2.22. The van der Waals surface area contributed by atoms with Crippen molar-refractivity contribution >= 4 is 23.2 Å². The van der Waals surface area contributed by atoms with Gasteiger partial charge in [-0.25, -0.2) is 10.3 Å². The molecule has 0 aliphatic carbocycles. The molecule has 1 aliphatic heterocycles. The topological polar surface area (TPSA) is 90.7 Å². The standard InChI is InChI=1S/C12H13ClN2O5/c13-10-5-4-8(15(17)18)7-9(10)12(16)14-20-11-3-1-2-6-19-11/h4-5,7,11H,1-3,6H2,(H,14,16). The normalized spacial score (nSPS) is 18.6. The van der Waals surface area contributed by atoms with Crippen LogP contribution in [0, 0.1) is 10.1 Å². The van der Waals surface area contributed by atoms with E-state index in [-0.39, 0.29) is 16.3 Å². The molecule has 1 N–H and O–H groups in total. The van der Waals surface area contributed by atoms with Gasteiger partial charge >= 0.3 is 0 Å². The summed E-state index contributed by atoms with van der Waals surface area (Å²) in [6.45, 7) is 0.581. The van der Waals surface area contributed by atoms with E-state index in [0.717, 1.165) is 18.9 Å². The van der Waals surface area contributed by atoms with E-state index in [2.05, 4.69) is 5.48 Å². The van der Waals surface area contributed by atoms with Crippen molar-refractivity contribution in [2.45, 2.75) is 25.6 Å². The van der Waals surface area contributed by atoms with Gasteiger partial charge in [-0.2, -0.15) is 0 Å². The van der Waals surface area contributed by atoms with Gasteiger partial charge in [-0.3, -0.25) is 14.9 Å². The summed E-state index contributed by atoms with van der Waals surface area (Å²) in [6.07, 6.45) is 2.11. The molecular weight excluding hydrogens is 288 g/mol. The molecule has 8 heteroatoms. The Labute approximate surface area is 119 Å². The molecule has 0 saturated carbocycles. The molecule has 2 rings (SSSR count). The molecule has 0 aromatic heterocycles. The Kier molecular flexibility index (Phi) is 4.89. The summed E-state index contributed by atoms with van der Waals surface area (Å²) in [6, 6.07) is 3.62. The molecule has 1 unspecified atom stereocenters. The molecule has 1 amide bonds. The minimum Gasteiger partial charge on any atom is -0.350 e. The number of carbonyl (C=O) groups excluding carboxylic acids is 1. The molecule has 0 spiro atoms. The summed E-state index contributed by atoms with van der Waals surface area (Å²) in [7, 11) is 0. The van der Waals surface area contributed by atoms with Crippen LogP contribution in [0.3, 0.4) is 0 Å². The van der Waals surface area contributed by atoms with Crippen LogP contribution in [0.25, 0.3) is 0 Å². The predicted octanol–water partition coefficient (Wildman–Crippen LogP) is 2.44. The zero-order chi connectivity index (χ0) is 14.5. The van der Waals surface area contributed by atoms with Gasteiger partial charge in [-0.05, 0) is 18.9 Å². The lowest BCUT2D eigenvalue weighted by molar-refractivity contribution is -0.384. The summed E-state index contributed by atoms with van der Waals surface area (Å²) in [5.74, 6) is -0.645. The maximum Gasteiger partial charge on any atom is 0.276 e. The Hall–Kier alpha value is -1.70. The van der Waals surface area contributed by atoms with E-state index in [4.69, 9.17) is 21.2 Å². The van der Waals surface area contributed by atoms with Gasteiger partial charge in [0.2, 0.25) is 0 Å². The number of non-ortho nitro benzene ring substituents is 1. The largest absolute Gasteiger partial charge is 0.350 e. The highest BCUT2D eigenvalue weighted by Gasteiger charge is 2.19. The quantitative estimate of drug-likeness (QED) is 0.681. The van der Waals surface area contributed by atoms with Crippen LogP contribution in [0.2, 0.25) is 5.02 Å². The summed E-state index contributed by atoms with van der Waals surface area (Å²) >= 11 is 5.85. The number of halogens is 1. The van der Waals surface area contributed by atoms with E-state index in [9.17, 15) is 14.9 Å². The average molecular weight is 301 g/mol. The number of nitrogens with one attached hydrogen (secondary N) is 1. The molecular formula is C12H13ClN2O5. The number of hydrogen-bond acceptors (Lipinski definition) is 5. The molecule has 108 valence electrons. The number of amides is 1. The minimum atomic E-state index is -0.645. The Morgan fingerprint density at radius 3 is 2.95 bits per heavy atom. The second-order valence-electron chi connectivity index (χ2n) is 4.27. The molecule has 1 aliphatic rings. The van der Waals surface area contributed by atoms with Crippen molar-refractivity contribution in [2.24, 2.45) is 0 Å². The van der Waals surface area contributed by atoms with Crippen LogP contribution in [0.5, 0.6) is 0 Å². The fourth-order valence-corrected chi connectivity index (χ4v) is 1.98. The number of benzene rings is 1. The summed E-state index contributed by atoms with van der Waals surface area (Å²) in [4.78, 5) is 27.1. The number of nitro benzene ring substituents is 1. The van der Waals surface area contributed by atoms with Crippen LogP contribution in [0.1, 0.15) is 29.6 Å². The second-order valence-corrected chi connectivity index (χ2v) is 4.67. The molecule has 7 nitrogen and oxygen atoms in total. The van der Waals surface area contributed by atoms with Crippen molar-refractivity contribution in [3.8, 4) is 0 Å². The monoisotopic (exact) mass is 300 g/mol. The Morgan fingerprint density at radius 2 is 2.30 bits per heavy atom. The van der Waals surface area contributed by atoms with Crippen LogP contribution >= 0.6 is 11.6 Å². The Bertz CT molecular complexity index is 517. The number of ether oxygens (including phenoxy) is 1. The molecule has 1 aromatic rings. The molecule has 0 radical (unpaired) electrons. The number of nitro groups is 1. The fourth-order valence-electron chi connectivity index (χ4n) is 1.78. The first-order chi connectivity index (χ1) is 9.58. The third kappa shape index (κ3) is 3.66. The molecule has 1 aromatic carbocycles. The first-order valence-corrected chi connectivity index (χ1v) is 6.47. The lowest BCUT2D eigenvalue weighted by Gasteiger charge is -2.22. The zero-order valence-corrected chi connectivity index (χ0v) is 11.3. The maximum atomic E-state index is 11.9. The Morgan fingerprint density at radius 1 is 1.50 bits per heavy atom. The van der Waals surface area contributed by atoms with Gasteiger partial charge < -0.3 is 4.74 Å². The summed E-state index contributed by atoms with van der Waals surface area (Å²) < 4.78 is 5.28. The van der Waals surface area contributed by atoms with Crippen molar-refractivity contribution in [1.29, 1.82) is 0 Å². The number of hydroxylamine groups is 1. The van der Waals surface area contributed by atoms with Gasteiger partial charge in [0.15, 0.2) is 6.29 Å². The van der Waals surface area contributed by atoms with Crippen LogP contribution in [0.15, 0.2) is 18.2 Å². The highest BCUT2D eigenvalue weighted by atomic mass is 35.5. The molecule has 1 heterocycles. The smallest absolute Gasteiger partial charge is 0.276 e. The number of rotatable bonds is 4. The van der Waals surface area contributed by atoms with Crippen LogP contribution in [0.4, 0.5) is 5.69 Å². The first-order valence-electron chi connectivity index (χ1n) is 6.09. The van der Waals surface area contributed by atoms with Gasteiger partial charge in [-0.15, -0.1) is 0 Å². The number of carbonyl (C=O) groups is 1. The SMILES string of the molecule is O=C(NOC1CCCCO1)c1cc([N+](=O)[O-])ccc1Cl. The van der Waals surface area contributed by atoms with Crippen LogP contribution in [-0.2, 0) is 9.57 Å². The predicted molar refractivity (Wildman–Crippen MR) is 70.2 cm³/mol. The zero-order valence-electron chi connectivity index (χ0n) is 10.5. The minimum absolute atomic E-state index is 0.0170. The van der Waals surface area contributed by atoms with Crippen molar-refractivity contribution in [3.05, 3.63) is 38.9 Å². The third-order valence-corrected chi connectivity index (χ3v) is 3.16.